The molecular weight excluding hydrogens is 375 g/mol. The van der Waals surface area contributed by atoms with Crippen LogP contribution in [0.25, 0.3) is 0 Å². The molecule has 0 unspecified atom stereocenters. The zero-order valence-electron chi connectivity index (χ0n) is 13.9. The van der Waals surface area contributed by atoms with Crippen molar-refractivity contribution in [2.24, 2.45) is 0 Å². The standard InChI is InChI=1S/C16H18F3NO3S2/c1-11-6-14(7-12(2)15(11)23-3)25(21,22)20(10-16(17,18)19)8-13-4-5-24-9-13/h4-7,9H,8,10H2,1-3H3. The smallest absolute Gasteiger partial charge is 0.402 e. The van der Waals surface area contributed by atoms with Gasteiger partial charge in [0.1, 0.15) is 12.3 Å². The molecule has 0 aliphatic carbocycles. The minimum Gasteiger partial charge on any atom is -0.496 e. The lowest BCUT2D eigenvalue weighted by Crippen LogP contribution is -2.38. The van der Waals surface area contributed by atoms with Crippen LogP contribution in [0.2, 0.25) is 0 Å². The van der Waals surface area contributed by atoms with Crippen LogP contribution in [-0.4, -0.2) is 32.6 Å². The Bertz CT molecular complexity index is 808. The maximum atomic E-state index is 12.9. The largest absolute Gasteiger partial charge is 0.496 e. The van der Waals surface area contributed by atoms with Crippen LogP contribution < -0.4 is 4.74 Å². The summed E-state index contributed by atoms with van der Waals surface area (Å²) in [7, 11) is -2.86. The van der Waals surface area contributed by atoms with Gasteiger partial charge in [-0.05, 0) is 59.5 Å². The van der Waals surface area contributed by atoms with Gasteiger partial charge in [-0.3, -0.25) is 0 Å². The molecule has 4 nitrogen and oxygen atoms in total. The quantitative estimate of drug-likeness (QED) is 0.742. The third kappa shape index (κ3) is 4.74. The molecule has 0 N–H and O–H groups in total. The molecule has 0 bridgehead atoms. The van der Waals surface area contributed by atoms with Gasteiger partial charge in [0.2, 0.25) is 10.0 Å². The van der Waals surface area contributed by atoms with Gasteiger partial charge in [0.05, 0.1) is 12.0 Å². The van der Waals surface area contributed by atoms with E-state index in [-0.39, 0.29) is 11.4 Å². The molecule has 0 aliphatic heterocycles. The van der Waals surface area contributed by atoms with Gasteiger partial charge in [-0.2, -0.15) is 28.8 Å². The van der Waals surface area contributed by atoms with Crippen molar-refractivity contribution in [2.45, 2.75) is 31.5 Å². The summed E-state index contributed by atoms with van der Waals surface area (Å²) in [6.45, 7) is 1.42. The summed E-state index contributed by atoms with van der Waals surface area (Å²) in [5.74, 6) is 0.513. The summed E-state index contributed by atoms with van der Waals surface area (Å²) in [5.41, 5.74) is 1.60. The number of ether oxygens (including phenoxy) is 1. The Kier molecular flexibility index (Phi) is 5.80. The Morgan fingerprint density at radius 3 is 2.24 bits per heavy atom. The van der Waals surface area contributed by atoms with E-state index in [1.165, 1.54) is 30.6 Å². The molecule has 2 aromatic rings. The summed E-state index contributed by atoms with van der Waals surface area (Å²) in [6.07, 6.45) is -4.64. The highest BCUT2D eigenvalue weighted by molar-refractivity contribution is 7.89. The van der Waals surface area contributed by atoms with Crippen molar-refractivity contribution in [3.63, 3.8) is 0 Å². The monoisotopic (exact) mass is 393 g/mol. The number of hydrogen-bond acceptors (Lipinski definition) is 4. The first-order chi connectivity index (χ1) is 11.5. The molecule has 1 heterocycles. The van der Waals surface area contributed by atoms with E-state index < -0.39 is 22.7 Å². The van der Waals surface area contributed by atoms with Crippen LogP contribution in [0.15, 0.2) is 33.9 Å². The van der Waals surface area contributed by atoms with Gasteiger partial charge in [0.15, 0.2) is 0 Å². The normalized spacial score (nSPS) is 12.6. The number of nitrogens with zero attached hydrogens (tertiary/aromatic N) is 1. The molecule has 0 radical (unpaired) electrons. The van der Waals surface area contributed by atoms with Crippen LogP contribution in [0.1, 0.15) is 16.7 Å². The van der Waals surface area contributed by atoms with Crippen molar-refractivity contribution in [2.75, 3.05) is 13.7 Å². The van der Waals surface area contributed by atoms with Crippen LogP contribution in [-0.2, 0) is 16.6 Å². The van der Waals surface area contributed by atoms with E-state index in [0.717, 1.165) is 0 Å². The number of alkyl halides is 3. The van der Waals surface area contributed by atoms with E-state index in [0.29, 0.717) is 26.7 Å². The van der Waals surface area contributed by atoms with E-state index >= 15 is 0 Å². The molecule has 0 fully saturated rings. The molecule has 0 atom stereocenters. The number of sulfonamides is 1. The second-order valence-corrected chi connectivity index (χ2v) is 8.33. The number of halogens is 3. The van der Waals surface area contributed by atoms with Gasteiger partial charge < -0.3 is 4.74 Å². The lowest BCUT2D eigenvalue weighted by molar-refractivity contribution is -0.136. The molecule has 0 spiro atoms. The van der Waals surface area contributed by atoms with Crippen molar-refractivity contribution in [3.05, 3.63) is 45.6 Å². The first-order valence-electron chi connectivity index (χ1n) is 7.28. The maximum Gasteiger partial charge on any atom is 0.402 e. The van der Waals surface area contributed by atoms with Gasteiger partial charge >= 0.3 is 6.18 Å². The third-order valence-corrected chi connectivity index (χ3v) is 6.07. The number of methoxy groups -OCH3 is 1. The topological polar surface area (TPSA) is 46.6 Å². The average Bonchev–Trinajstić information content (AvgIpc) is 2.97. The first kappa shape index (κ1) is 19.7. The number of aryl methyl sites for hydroxylation is 2. The zero-order chi connectivity index (χ0) is 18.8. The Morgan fingerprint density at radius 2 is 1.80 bits per heavy atom. The highest BCUT2D eigenvalue weighted by Crippen LogP contribution is 2.30. The molecule has 0 saturated carbocycles. The molecule has 25 heavy (non-hydrogen) atoms. The zero-order valence-corrected chi connectivity index (χ0v) is 15.6. The number of benzene rings is 1. The van der Waals surface area contributed by atoms with E-state index in [4.69, 9.17) is 4.74 Å². The van der Waals surface area contributed by atoms with Crippen molar-refractivity contribution in [1.82, 2.24) is 4.31 Å². The van der Waals surface area contributed by atoms with Gasteiger partial charge in [-0.15, -0.1) is 0 Å². The molecule has 0 aliphatic rings. The van der Waals surface area contributed by atoms with Crippen LogP contribution in [0, 0.1) is 13.8 Å². The lowest BCUT2D eigenvalue weighted by Gasteiger charge is -2.24. The van der Waals surface area contributed by atoms with Crippen molar-refractivity contribution >= 4 is 21.4 Å². The van der Waals surface area contributed by atoms with Crippen LogP contribution in [0.3, 0.4) is 0 Å². The van der Waals surface area contributed by atoms with Gasteiger partial charge in [-0.25, -0.2) is 8.42 Å². The van der Waals surface area contributed by atoms with Gasteiger partial charge in [-0.1, -0.05) is 0 Å². The summed E-state index contributed by atoms with van der Waals surface area (Å²) in [6, 6.07) is 4.27. The number of rotatable bonds is 6. The second kappa shape index (κ2) is 7.35. The second-order valence-electron chi connectivity index (χ2n) is 5.61. The highest BCUT2D eigenvalue weighted by atomic mass is 32.2. The van der Waals surface area contributed by atoms with Crippen LogP contribution >= 0.6 is 11.3 Å². The molecule has 1 aromatic carbocycles. The van der Waals surface area contributed by atoms with Crippen LogP contribution in [0.5, 0.6) is 5.75 Å². The van der Waals surface area contributed by atoms with Crippen molar-refractivity contribution in [1.29, 1.82) is 0 Å². The summed E-state index contributed by atoms with van der Waals surface area (Å²) < 4.78 is 70.1. The average molecular weight is 393 g/mol. The van der Waals surface area contributed by atoms with Gasteiger partial charge in [0.25, 0.3) is 0 Å². The summed E-state index contributed by atoms with van der Waals surface area (Å²) >= 11 is 1.30. The minimum absolute atomic E-state index is 0.178. The molecule has 2 rings (SSSR count). The first-order valence-corrected chi connectivity index (χ1v) is 9.66. The van der Waals surface area contributed by atoms with Gasteiger partial charge in [0, 0.05) is 6.54 Å². The summed E-state index contributed by atoms with van der Waals surface area (Å²) in [5, 5.41) is 3.32. The van der Waals surface area contributed by atoms with E-state index in [1.54, 1.807) is 30.7 Å². The predicted molar refractivity (Wildman–Crippen MR) is 90.4 cm³/mol. The molecule has 9 heteroatoms. The van der Waals surface area contributed by atoms with E-state index in [9.17, 15) is 21.6 Å². The lowest BCUT2D eigenvalue weighted by atomic mass is 10.1. The highest BCUT2D eigenvalue weighted by Gasteiger charge is 2.37. The molecule has 1 aromatic heterocycles. The SMILES string of the molecule is COc1c(C)cc(S(=O)(=O)N(Cc2ccsc2)CC(F)(F)F)cc1C. The van der Waals surface area contributed by atoms with E-state index in [2.05, 4.69) is 0 Å². The molecule has 0 saturated heterocycles. The molecular formula is C16H18F3NO3S2. The Hall–Kier alpha value is -1.58. The Labute approximate surface area is 148 Å². The third-order valence-electron chi connectivity index (χ3n) is 3.57. The fourth-order valence-electron chi connectivity index (χ4n) is 2.54. The summed E-state index contributed by atoms with van der Waals surface area (Å²) in [4.78, 5) is -0.178. The van der Waals surface area contributed by atoms with Crippen molar-refractivity contribution < 1.29 is 26.3 Å². The number of thiophene rings is 1. The number of hydrogen-bond donors (Lipinski definition) is 0. The predicted octanol–water partition coefficient (Wildman–Crippen LogP) is 4.13. The molecule has 0 amide bonds. The van der Waals surface area contributed by atoms with E-state index in [1.807, 2.05) is 0 Å². The fourth-order valence-corrected chi connectivity index (χ4v) is 4.79. The Morgan fingerprint density at radius 1 is 1.20 bits per heavy atom. The fraction of sp³-hybridized carbons (Fsp3) is 0.375. The minimum atomic E-state index is -4.64. The van der Waals surface area contributed by atoms with Crippen LogP contribution in [0.4, 0.5) is 13.2 Å². The maximum absolute atomic E-state index is 12.9. The molecule has 138 valence electrons. The Balaban J connectivity index is 2.47. The van der Waals surface area contributed by atoms with Crippen molar-refractivity contribution in [3.8, 4) is 5.75 Å².